The second-order valence-electron chi connectivity index (χ2n) is 1.95. The zero-order chi connectivity index (χ0) is 7.11. The Morgan fingerprint density at radius 2 is 2.22 bits per heavy atom. The van der Waals surface area contributed by atoms with Crippen molar-refractivity contribution in [1.29, 1.82) is 0 Å². The quantitative estimate of drug-likeness (QED) is 0.572. The average Bonchev–Trinajstić information content (AvgIpc) is 1.89. The minimum atomic E-state index is 0.244. The Balaban J connectivity index is 3.45. The van der Waals surface area contributed by atoms with Crippen molar-refractivity contribution < 1.29 is 5.11 Å². The first-order valence-corrected chi connectivity index (χ1v) is 3.21. The van der Waals surface area contributed by atoms with Gasteiger partial charge >= 0.3 is 0 Å². The zero-order valence-electron chi connectivity index (χ0n) is 6.09. The molecule has 1 N–H and O–H groups in total. The van der Waals surface area contributed by atoms with Gasteiger partial charge in [-0.25, -0.2) is 0 Å². The molecule has 0 saturated heterocycles. The number of aliphatic hydroxyl groups excluding tert-OH is 1. The highest BCUT2D eigenvalue weighted by Crippen LogP contribution is 1.94. The van der Waals surface area contributed by atoms with Gasteiger partial charge in [0.2, 0.25) is 0 Å². The van der Waals surface area contributed by atoms with E-state index in [1.807, 2.05) is 32.1 Å². The van der Waals surface area contributed by atoms with E-state index in [1.54, 1.807) is 0 Å². The topological polar surface area (TPSA) is 20.2 Å². The summed E-state index contributed by atoms with van der Waals surface area (Å²) in [6, 6.07) is 0. The van der Waals surface area contributed by atoms with E-state index in [0.717, 1.165) is 6.42 Å². The SMILES string of the molecule is C/C=C(C)/C=C/CCO. The highest BCUT2D eigenvalue weighted by molar-refractivity contribution is 5.14. The van der Waals surface area contributed by atoms with Gasteiger partial charge in [0.1, 0.15) is 0 Å². The molecule has 0 radical (unpaired) electrons. The van der Waals surface area contributed by atoms with Gasteiger partial charge in [0.05, 0.1) is 0 Å². The normalized spacial score (nSPS) is 13.0. The molecule has 0 aliphatic heterocycles. The van der Waals surface area contributed by atoms with Crippen LogP contribution in [0.4, 0.5) is 0 Å². The molecule has 0 bridgehead atoms. The fraction of sp³-hybridized carbons (Fsp3) is 0.500. The minimum absolute atomic E-state index is 0.244. The van der Waals surface area contributed by atoms with Gasteiger partial charge in [0, 0.05) is 6.61 Å². The fourth-order valence-corrected chi connectivity index (χ4v) is 0.440. The first-order valence-electron chi connectivity index (χ1n) is 3.21. The maximum atomic E-state index is 8.38. The molecule has 0 aromatic carbocycles. The zero-order valence-corrected chi connectivity index (χ0v) is 6.09. The highest BCUT2D eigenvalue weighted by atomic mass is 16.2. The highest BCUT2D eigenvalue weighted by Gasteiger charge is 1.75. The van der Waals surface area contributed by atoms with Crippen molar-refractivity contribution in [2.75, 3.05) is 6.61 Å². The molecule has 52 valence electrons. The Bertz CT molecular complexity index is 112. The van der Waals surface area contributed by atoms with E-state index in [2.05, 4.69) is 0 Å². The summed E-state index contributed by atoms with van der Waals surface area (Å²) in [6.45, 7) is 4.28. The van der Waals surface area contributed by atoms with Gasteiger partial charge in [-0.2, -0.15) is 0 Å². The predicted octanol–water partition coefficient (Wildman–Crippen LogP) is 1.89. The Hall–Kier alpha value is -0.560. The van der Waals surface area contributed by atoms with Crippen molar-refractivity contribution in [3.8, 4) is 0 Å². The Kier molecular flexibility index (Phi) is 5.23. The van der Waals surface area contributed by atoms with E-state index in [0.29, 0.717) is 0 Å². The largest absolute Gasteiger partial charge is 0.396 e. The summed E-state index contributed by atoms with van der Waals surface area (Å²) in [7, 11) is 0. The van der Waals surface area contributed by atoms with E-state index in [1.165, 1.54) is 5.57 Å². The lowest BCUT2D eigenvalue weighted by molar-refractivity contribution is 0.302. The third kappa shape index (κ3) is 5.31. The maximum absolute atomic E-state index is 8.38. The number of hydrogen-bond donors (Lipinski definition) is 1. The molecule has 1 nitrogen and oxygen atoms in total. The molecule has 0 spiro atoms. The number of aliphatic hydroxyl groups is 1. The van der Waals surface area contributed by atoms with E-state index in [-0.39, 0.29) is 6.61 Å². The fourth-order valence-electron chi connectivity index (χ4n) is 0.440. The molecule has 0 atom stereocenters. The van der Waals surface area contributed by atoms with Crippen LogP contribution in [0.2, 0.25) is 0 Å². The molecule has 0 aliphatic carbocycles. The maximum Gasteiger partial charge on any atom is 0.0465 e. The third-order valence-corrected chi connectivity index (χ3v) is 1.13. The van der Waals surface area contributed by atoms with Crippen LogP contribution in [0.1, 0.15) is 20.3 Å². The number of hydrogen-bond acceptors (Lipinski definition) is 1. The van der Waals surface area contributed by atoms with E-state index >= 15 is 0 Å². The molecular formula is C8H14O. The first-order chi connectivity index (χ1) is 4.31. The first kappa shape index (κ1) is 8.44. The second kappa shape index (κ2) is 5.57. The molecule has 0 saturated carbocycles. The van der Waals surface area contributed by atoms with Crippen molar-refractivity contribution in [2.24, 2.45) is 0 Å². The molecule has 0 rings (SSSR count). The van der Waals surface area contributed by atoms with Gasteiger partial charge in [-0.1, -0.05) is 23.8 Å². The smallest absolute Gasteiger partial charge is 0.0465 e. The lowest BCUT2D eigenvalue weighted by Gasteiger charge is -1.86. The van der Waals surface area contributed by atoms with Gasteiger partial charge in [0.25, 0.3) is 0 Å². The van der Waals surface area contributed by atoms with Gasteiger partial charge in [-0.15, -0.1) is 0 Å². The Morgan fingerprint density at radius 1 is 1.56 bits per heavy atom. The lowest BCUT2D eigenvalue weighted by Crippen LogP contribution is -1.75. The predicted molar refractivity (Wildman–Crippen MR) is 40.3 cm³/mol. The summed E-state index contributed by atoms with van der Waals surface area (Å²) in [5, 5.41) is 8.38. The van der Waals surface area contributed by atoms with Crippen LogP contribution < -0.4 is 0 Å². The van der Waals surface area contributed by atoms with Gasteiger partial charge in [0.15, 0.2) is 0 Å². The van der Waals surface area contributed by atoms with Crippen molar-refractivity contribution >= 4 is 0 Å². The molecule has 0 aliphatic rings. The summed E-state index contributed by atoms with van der Waals surface area (Å²) in [4.78, 5) is 0. The van der Waals surface area contributed by atoms with Crippen molar-refractivity contribution in [2.45, 2.75) is 20.3 Å². The second-order valence-corrected chi connectivity index (χ2v) is 1.95. The number of allylic oxidation sites excluding steroid dienone is 3. The average molecular weight is 126 g/mol. The molecule has 0 aromatic rings. The molecule has 0 aromatic heterocycles. The molecule has 0 fully saturated rings. The minimum Gasteiger partial charge on any atom is -0.396 e. The monoisotopic (exact) mass is 126 g/mol. The van der Waals surface area contributed by atoms with Crippen LogP contribution >= 0.6 is 0 Å². The Labute approximate surface area is 56.7 Å². The van der Waals surface area contributed by atoms with Crippen LogP contribution in [0.3, 0.4) is 0 Å². The molecule has 1 heteroatoms. The van der Waals surface area contributed by atoms with Gasteiger partial charge in [-0.05, 0) is 20.3 Å². The molecule has 0 heterocycles. The van der Waals surface area contributed by atoms with Crippen LogP contribution in [0.15, 0.2) is 23.8 Å². The van der Waals surface area contributed by atoms with Crippen LogP contribution in [-0.4, -0.2) is 11.7 Å². The standard InChI is InChI=1S/C8H14O/c1-3-8(2)6-4-5-7-9/h3-4,6,9H,5,7H2,1-2H3/b6-4+,8-3+. The number of rotatable bonds is 3. The molecule has 0 unspecified atom stereocenters. The molecular weight excluding hydrogens is 112 g/mol. The van der Waals surface area contributed by atoms with E-state index in [4.69, 9.17) is 5.11 Å². The summed E-state index contributed by atoms with van der Waals surface area (Å²) >= 11 is 0. The third-order valence-electron chi connectivity index (χ3n) is 1.13. The molecule has 0 amide bonds. The summed E-state index contributed by atoms with van der Waals surface area (Å²) in [5.74, 6) is 0. The summed E-state index contributed by atoms with van der Waals surface area (Å²) in [6.07, 6.45) is 6.77. The van der Waals surface area contributed by atoms with Gasteiger partial charge in [-0.3, -0.25) is 0 Å². The lowest BCUT2D eigenvalue weighted by atomic mass is 10.2. The van der Waals surface area contributed by atoms with E-state index in [9.17, 15) is 0 Å². The van der Waals surface area contributed by atoms with Crippen LogP contribution in [0.5, 0.6) is 0 Å². The van der Waals surface area contributed by atoms with Crippen LogP contribution in [0.25, 0.3) is 0 Å². The van der Waals surface area contributed by atoms with Crippen molar-refractivity contribution in [3.63, 3.8) is 0 Å². The summed E-state index contributed by atoms with van der Waals surface area (Å²) in [5.41, 5.74) is 1.24. The molecule has 9 heavy (non-hydrogen) atoms. The Morgan fingerprint density at radius 3 is 2.67 bits per heavy atom. The van der Waals surface area contributed by atoms with Crippen LogP contribution in [0, 0.1) is 0 Å². The summed E-state index contributed by atoms with van der Waals surface area (Å²) < 4.78 is 0. The van der Waals surface area contributed by atoms with Crippen molar-refractivity contribution in [1.82, 2.24) is 0 Å². The van der Waals surface area contributed by atoms with Crippen LogP contribution in [-0.2, 0) is 0 Å². The van der Waals surface area contributed by atoms with E-state index < -0.39 is 0 Å². The van der Waals surface area contributed by atoms with Gasteiger partial charge < -0.3 is 5.11 Å². The van der Waals surface area contributed by atoms with Crippen molar-refractivity contribution in [3.05, 3.63) is 23.8 Å².